The Bertz CT molecular complexity index is 283. The summed E-state index contributed by atoms with van der Waals surface area (Å²) in [5.41, 5.74) is 5.51. The van der Waals surface area contributed by atoms with Crippen LogP contribution in [0.4, 0.5) is 0 Å². The molecule has 2 N–H and O–H groups in total. The molecule has 0 saturated carbocycles. The van der Waals surface area contributed by atoms with Gasteiger partial charge in [-0.15, -0.1) is 0 Å². The summed E-state index contributed by atoms with van der Waals surface area (Å²) in [5, 5.41) is 0. The van der Waals surface area contributed by atoms with Crippen LogP contribution in [0.25, 0.3) is 0 Å². The van der Waals surface area contributed by atoms with E-state index in [2.05, 4.69) is 11.2 Å². The number of hydrogen-bond acceptors (Lipinski definition) is 3. The molecule has 1 aromatic rings. The van der Waals surface area contributed by atoms with E-state index in [9.17, 15) is 0 Å². The SMILES string of the molecule is CSCCCn1ccnc1C(N)=S. The Morgan fingerprint density at radius 1 is 1.77 bits per heavy atom. The van der Waals surface area contributed by atoms with Crippen molar-refractivity contribution >= 4 is 29.0 Å². The zero-order valence-corrected chi connectivity index (χ0v) is 9.20. The fourth-order valence-electron chi connectivity index (χ4n) is 1.09. The number of aromatic nitrogens is 2. The van der Waals surface area contributed by atoms with Gasteiger partial charge in [0.2, 0.25) is 0 Å². The third-order valence-corrected chi connectivity index (χ3v) is 2.56. The minimum absolute atomic E-state index is 0.370. The van der Waals surface area contributed by atoms with Crippen LogP contribution in [0.15, 0.2) is 12.4 Å². The molecule has 0 aliphatic carbocycles. The molecule has 5 heteroatoms. The summed E-state index contributed by atoms with van der Waals surface area (Å²) in [6, 6.07) is 0. The Balaban J connectivity index is 2.55. The molecule has 3 nitrogen and oxygen atoms in total. The van der Waals surface area contributed by atoms with Crippen molar-refractivity contribution in [1.29, 1.82) is 0 Å². The highest BCUT2D eigenvalue weighted by Crippen LogP contribution is 2.02. The molecule has 72 valence electrons. The quantitative estimate of drug-likeness (QED) is 0.593. The van der Waals surface area contributed by atoms with E-state index >= 15 is 0 Å². The van der Waals surface area contributed by atoms with Gasteiger partial charge >= 0.3 is 0 Å². The van der Waals surface area contributed by atoms with Crippen molar-refractivity contribution in [3.8, 4) is 0 Å². The molecule has 13 heavy (non-hydrogen) atoms. The summed E-state index contributed by atoms with van der Waals surface area (Å²) in [6.07, 6.45) is 6.86. The number of imidazole rings is 1. The standard InChI is InChI=1S/C8H13N3S2/c1-13-6-2-4-11-5-3-10-8(11)7(9)12/h3,5H,2,4,6H2,1H3,(H2,9,12). The van der Waals surface area contributed by atoms with Crippen molar-refractivity contribution in [3.63, 3.8) is 0 Å². The van der Waals surface area contributed by atoms with E-state index < -0.39 is 0 Å². The van der Waals surface area contributed by atoms with E-state index in [1.165, 1.54) is 0 Å². The number of rotatable bonds is 5. The van der Waals surface area contributed by atoms with Gasteiger partial charge in [-0.25, -0.2) is 4.98 Å². The molecular weight excluding hydrogens is 202 g/mol. The van der Waals surface area contributed by atoms with E-state index in [1.807, 2.05) is 22.5 Å². The van der Waals surface area contributed by atoms with Crippen molar-refractivity contribution in [2.75, 3.05) is 12.0 Å². The molecule has 0 aromatic carbocycles. The highest BCUT2D eigenvalue weighted by atomic mass is 32.2. The third kappa shape index (κ3) is 3.00. The van der Waals surface area contributed by atoms with Crippen molar-refractivity contribution in [2.45, 2.75) is 13.0 Å². The highest BCUT2D eigenvalue weighted by molar-refractivity contribution is 7.98. The maximum atomic E-state index is 5.51. The van der Waals surface area contributed by atoms with Crippen molar-refractivity contribution < 1.29 is 0 Å². The van der Waals surface area contributed by atoms with Crippen LogP contribution in [0.1, 0.15) is 12.2 Å². The van der Waals surface area contributed by atoms with Gasteiger partial charge in [-0.05, 0) is 18.4 Å². The normalized spacial score (nSPS) is 10.2. The number of aryl methyl sites for hydroxylation is 1. The molecule has 0 spiro atoms. The Morgan fingerprint density at radius 2 is 2.54 bits per heavy atom. The van der Waals surface area contributed by atoms with E-state index in [1.54, 1.807) is 6.20 Å². The average Bonchev–Trinajstić information content (AvgIpc) is 2.53. The molecule has 0 saturated heterocycles. The minimum Gasteiger partial charge on any atom is -0.387 e. The molecular formula is C8H13N3S2. The van der Waals surface area contributed by atoms with Gasteiger partial charge in [0.1, 0.15) is 4.99 Å². The summed E-state index contributed by atoms with van der Waals surface area (Å²) in [5.74, 6) is 1.87. The van der Waals surface area contributed by atoms with E-state index in [0.717, 1.165) is 24.5 Å². The summed E-state index contributed by atoms with van der Waals surface area (Å²) in [4.78, 5) is 4.45. The van der Waals surface area contributed by atoms with Gasteiger partial charge in [-0.2, -0.15) is 11.8 Å². The molecule has 0 unspecified atom stereocenters. The van der Waals surface area contributed by atoms with Crippen LogP contribution in [-0.2, 0) is 6.54 Å². The fourth-order valence-corrected chi connectivity index (χ4v) is 1.68. The summed E-state index contributed by atoms with van der Waals surface area (Å²) in [7, 11) is 0. The first-order valence-corrected chi connectivity index (χ1v) is 5.85. The lowest BCUT2D eigenvalue weighted by Gasteiger charge is -2.04. The van der Waals surface area contributed by atoms with Crippen LogP contribution < -0.4 is 5.73 Å². The first kappa shape index (κ1) is 10.5. The number of thioether (sulfide) groups is 1. The molecule has 0 atom stereocenters. The monoisotopic (exact) mass is 215 g/mol. The summed E-state index contributed by atoms with van der Waals surface area (Å²) >= 11 is 6.71. The molecule has 0 amide bonds. The predicted molar refractivity (Wildman–Crippen MR) is 61.1 cm³/mol. The predicted octanol–water partition coefficient (Wildman–Crippen LogP) is 1.27. The van der Waals surface area contributed by atoms with Crippen LogP contribution >= 0.6 is 24.0 Å². The Kier molecular flexibility index (Phi) is 4.24. The zero-order valence-electron chi connectivity index (χ0n) is 7.56. The smallest absolute Gasteiger partial charge is 0.167 e. The molecule has 0 bridgehead atoms. The molecule has 1 aromatic heterocycles. The topological polar surface area (TPSA) is 43.8 Å². The van der Waals surface area contributed by atoms with Crippen LogP contribution in [0.2, 0.25) is 0 Å². The maximum absolute atomic E-state index is 5.51. The fraction of sp³-hybridized carbons (Fsp3) is 0.500. The van der Waals surface area contributed by atoms with E-state index in [0.29, 0.717) is 4.99 Å². The molecule has 1 heterocycles. The lowest BCUT2D eigenvalue weighted by Crippen LogP contribution is -2.17. The minimum atomic E-state index is 0.370. The number of thiocarbonyl (C=S) groups is 1. The van der Waals surface area contributed by atoms with Gasteiger partial charge in [-0.3, -0.25) is 0 Å². The lowest BCUT2D eigenvalue weighted by atomic mass is 10.4. The first-order chi connectivity index (χ1) is 6.25. The highest BCUT2D eigenvalue weighted by Gasteiger charge is 2.03. The molecule has 0 fully saturated rings. The second-order valence-electron chi connectivity index (χ2n) is 2.65. The van der Waals surface area contributed by atoms with Gasteiger partial charge in [-0.1, -0.05) is 12.2 Å². The van der Waals surface area contributed by atoms with Crippen LogP contribution in [-0.4, -0.2) is 26.5 Å². The Morgan fingerprint density at radius 3 is 3.15 bits per heavy atom. The zero-order chi connectivity index (χ0) is 9.68. The first-order valence-electron chi connectivity index (χ1n) is 4.05. The lowest BCUT2D eigenvalue weighted by molar-refractivity contribution is 0.678. The summed E-state index contributed by atoms with van der Waals surface area (Å²) < 4.78 is 2.00. The second kappa shape index (κ2) is 5.24. The molecule has 0 aliphatic rings. The second-order valence-corrected chi connectivity index (χ2v) is 4.08. The Hall–Kier alpha value is -0.550. The van der Waals surface area contributed by atoms with Gasteiger partial charge < -0.3 is 10.3 Å². The van der Waals surface area contributed by atoms with E-state index in [4.69, 9.17) is 18.0 Å². The average molecular weight is 215 g/mol. The van der Waals surface area contributed by atoms with Crippen molar-refractivity contribution in [1.82, 2.24) is 9.55 Å². The van der Waals surface area contributed by atoms with Crippen molar-refractivity contribution in [3.05, 3.63) is 18.2 Å². The Labute approximate surface area is 87.7 Å². The number of nitrogens with zero attached hydrogens (tertiary/aromatic N) is 2. The van der Waals surface area contributed by atoms with Gasteiger partial charge in [0.15, 0.2) is 5.82 Å². The van der Waals surface area contributed by atoms with E-state index in [-0.39, 0.29) is 0 Å². The number of nitrogens with two attached hydrogens (primary N) is 1. The van der Waals surface area contributed by atoms with Gasteiger partial charge in [0.25, 0.3) is 0 Å². The van der Waals surface area contributed by atoms with Crippen LogP contribution in [0.5, 0.6) is 0 Å². The van der Waals surface area contributed by atoms with Crippen molar-refractivity contribution in [2.24, 2.45) is 5.73 Å². The molecule has 0 radical (unpaired) electrons. The largest absolute Gasteiger partial charge is 0.387 e. The summed E-state index contributed by atoms with van der Waals surface area (Å²) in [6.45, 7) is 0.938. The third-order valence-electron chi connectivity index (χ3n) is 1.68. The number of hydrogen-bond donors (Lipinski definition) is 1. The van der Waals surface area contributed by atoms with Gasteiger partial charge in [0.05, 0.1) is 0 Å². The molecule has 1 rings (SSSR count). The van der Waals surface area contributed by atoms with Crippen LogP contribution in [0.3, 0.4) is 0 Å². The van der Waals surface area contributed by atoms with Crippen LogP contribution in [0, 0.1) is 0 Å². The maximum Gasteiger partial charge on any atom is 0.167 e. The van der Waals surface area contributed by atoms with Gasteiger partial charge in [0, 0.05) is 18.9 Å². The molecule has 0 aliphatic heterocycles.